The first-order valence-corrected chi connectivity index (χ1v) is 11.1. The van der Waals surface area contributed by atoms with Crippen molar-refractivity contribution >= 4 is 22.5 Å². The summed E-state index contributed by atoms with van der Waals surface area (Å²) in [5, 5.41) is 17.7. The molecule has 7 heteroatoms. The van der Waals surface area contributed by atoms with Crippen LogP contribution in [0.3, 0.4) is 0 Å². The van der Waals surface area contributed by atoms with Crippen LogP contribution in [0.1, 0.15) is 28.8 Å². The van der Waals surface area contributed by atoms with Gasteiger partial charge < -0.3 is 5.32 Å². The number of aryl methyl sites for hydroxylation is 2. The predicted molar refractivity (Wildman–Crippen MR) is 131 cm³/mol. The van der Waals surface area contributed by atoms with Gasteiger partial charge in [-0.05, 0) is 72.2 Å². The predicted octanol–water partition coefficient (Wildman–Crippen LogP) is 5.29. The van der Waals surface area contributed by atoms with Crippen LogP contribution in [-0.2, 0) is 12.8 Å². The summed E-state index contributed by atoms with van der Waals surface area (Å²) < 4.78 is 0. The van der Waals surface area contributed by atoms with E-state index in [0.29, 0.717) is 11.4 Å². The number of hydrogen-bond acceptors (Lipinski definition) is 5. The van der Waals surface area contributed by atoms with Gasteiger partial charge in [0.15, 0.2) is 0 Å². The maximum Gasteiger partial charge on any atom is 0.134 e. The molecule has 0 fully saturated rings. The molecule has 1 aliphatic rings. The Hall–Kier alpha value is -4.26. The Bertz CT molecular complexity index is 1490. The van der Waals surface area contributed by atoms with Gasteiger partial charge in [0.25, 0.3) is 0 Å². The van der Waals surface area contributed by atoms with Crippen LogP contribution in [0.25, 0.3) is 39.1 Å². The van der Waals surface area contributed by atoms with Crippen LogP contribution < -0.4 is 5.32 Å². The van der Waals surface area contributed by atoms with E-state index in [0.717, 1.165) is 40.1 Å². The van der Waals surface area contributed by atoms with Gasteiger partial charge in [0.05, 0.1) is 23.1 Å². The van der Waals surface area contributed by atoms with Gasteiger partial charge in [0.2, 0.25) is 0 Å². The van der Waals surface area contributed by atoms with E-state index in [1.165, 1.54) is 35.1 Å². The van der Waals surface area contributed by atoms with Crippen molar-refractivity contribution in [2.45, 2.75) is 26.2 Å². The molecule has 1 aliphatic carbocycles. The first-order valence-electron chi connectivity index (χ1n) is 11.1. The number of benzene rings is 1. The zero-order valence-electron chi connectivity index (χ0n) is 18.3. The number of hydrogen-bond donors (Lipinski definition) is 3. The molecule has 6 rings (SSSR count). The van der Waals surface area contributed by atoms with Crippen molar-refractivity contribution in [3.05, 3.63) is 84.0 Å². The Balaban J connectivity index is 1.33. The molecular formula is C26H23N7. The minimum absolute atomic E-state index is 0.639. The van der Waals surface area contributed by atoms with Gasteiger partial charge in [-0.2, -0.15) is 10.2 Å². The topological polar surface area (TPSA) is 95.2 Å². The van der Waals surface area contributed by atoms with Crippen molar-refractivity contribution in [1.29, 1.82) is 0 Å². The summed E-state index contributed by atoms with van der Waals surface area (Å²) >= 11 is 0. The summed E-state index contributed by atoms with van der Waals surface area (Å²) in [5.74, 6) is 0.764. The lowest BCUT2D eigenvalue weighted by molar-refractivity contribution is 0.912. The standard InChI is InChI=1S/C26H23N7/c1-15-21(19-7-6-17-4-3-5-18(17)12-19)10-11-27-26(15)30-16(2)24-25-23(32-33-24)9-8-22(31-25)20-13-28-29-14-20/h6-14H,2-5H2,1H3,(H,27,30)(H,28,29)(H,32,33). The second kappa shape index (κ2) is 7.70. The zero-order chi connectivity index (χ0) is 22.4. The number of anilines is 1. The Morgan fingerprint density at radius 2 is 1.97 bits per heavy atom. The third-order valence-electron chi connectivity index (χ3n) is 6.37. The van der Waals surface area contributed by atoms with Crippen LogP contribution in [0.4, 0.5) is 5.82 Å². The molecule has 4 aromatic heterocycles. The summed E-state index contributed by atoms with van der Waals surface area (Å²) in [5.41, 5.74) is 11.0. The van der Waals surface area contributed by atoms with E-state index in [2.05, 4.69) is 68.5 Å². The SMILES string of the molecule is C=C(Nc1nccc(-c2ccc3c(c2)CCC3)c1C)c1n[nH]c2ccc(-c3cn[nH]c3)nc12. The monoisotopic (exact) mass is 433 g/mol. The molecule has 1 aromatic carbocycles. The van der Waals surface area contributed by atoms with Crippen molar-refractivity contribution < 1.29 is 0 Å². The molecule has 0 spiro atoms. The normalized spacial score (nSPS) is 12.8. The van der Waals surface area contributed by atoms with Crippen molar-refractivity contribution in [2.75, 3.05) is 5.32 Å². The zero-order valence-corrected chi connectivity index (χ0v) is 18.3. The summed E-state index contributed by atoms with van der Waals surface area (Å²) in [6.45, 7) is 6.32. The van der Waals surface area contributed by atoms with Crippen LogP contribution in [-0.4, -0.2) is 30.4 Å². The second-order valence-corrected chi connectivity index (χ2v) is 8.42. The third-order valence-corrected chi connectivity index (χ3v) is 6.37. The largest absolute Gasteiger partial charge is 0.339 e. The highest BCUT2D eigenvalue weighted by Gasteiger charge is 2.16. The molecule has 4 heterocycles. The maximum atomic E-state index is 4.79. The summed E-state index contributed by atoms with van der Waals surface area (Å²) in [7, 11) is 0. The number of H-pyrrole nitrogens is 2. The minimum Gasteiger partial charge on any atom is -0.339 e. The molecule has 33 heavy (non-hydrogen) atoms. The number of aromatic nitrogens is 6. The van der Waals surface area contributed by atoms with Gasteiger partial charge >= 0.3 is 0 Å². The van der Waals surface area contributed by atoms with E-state index >= 15 is 0 Å². The molecule has 0 bridgehead atoms. The Morgan fingerprint density at radius 1 is 1.06 bits per heavy atom. The van der Waals surface area contributed by atoms with E-state index in [1.807, 2.05) is 24.5 Å². The van der Waals surface area contributed by atoms with Gasteiger partial charge in [-0.3, -0.25) is 10.2 Å². The van der Waals surface area contributed by atoms with E-state index in [9.17, 15) is 0 Å². The van der Waals surface area contributed by atoms with Crippen molar-refractivity contribution in [1.82, 2.24) is 30.4 Å². The van der Waals surface area contributed by atoms with E-state index < -0.39 is 0 Å². The van der Waals surface area contributed by atoms with Crippen LogP contribution >= 0.6 is 0 Å². The molecule has 0 radical (unpaired) electrons. The number of fused-ring (bicyclic) bond motifs is 2. The highest BCUT2D eigenvalue weighted by Crippen LogP contribution is 2.33. The molecule has 5 aromatic rings. The Labute approximate surface area is 191 Å². The lowest BCUT2D eigenvalue weighted by atomic mass is 9.98. The number of aromatic amines is 2. The summed E-state index contributed by atoms with van der Waals surface area (Å²) in [4.78, 5) is 9.37. The van der Waals surface area contributed by atoms with Crippen LogP contribution in [0.5, 0.6) is 0 Å². The molecule has 0 aliphatic heterocycles. The number of nitrogens with zero attached hydrogens (tertiary/aromatic N) is 4. The van der Waals surface area contributed by atoms with Gasteiger partial charge in [-0.25, -0.2) is 9.97 Å². The lowest BCUT2D eigenvalue weighted by Crippen LogP contribution is -2.03. The van der Waals surface area contributed by atoms with Gasteiger partial charge in [-0.15, -0.1) is 0 Å². The average Bonchev–Trinajstić information content (AvgIpc) is 3.59. The molecule has 3 N–H and O–H groups in total. The molecule has 0 amide bonds. The van der Waals surface area contributed by atoms with E-state index in [-0.39, 0.29) is 0 Å². The Kier molecular flexibility index (Phi) is 4.54. The fraction of sp³-hybridized carbons (Fsp3) is 0.154. The van der Waals surface area contributed by atoms with Crippen LogP contribution in [0, 0.1) is 6.92 Å². The Morgan fingerprint density at radius 3 is 2.85 bits per heavy atom. The van der Waals surface area contributed by atoms with E-state index in [4.69, 9.17) is 4.98 Å². The summed E-state index contributed by atoms with van der Waals surface area (Å²) in [6, 6.07) is 12.8. The number of rotatable bonds is 5. The van der Waals surface area contributed by atoms with Gasteiger partial charge in [0.1, 0.15) is 17.0 Å². The molecule has 0 saturated carbocycles. The van der Waals surface area contributed by atoms with Crippen molar-refractivity contribution in [2.24, 2.45) is 0 Å². The molecule has 0 unspecified atom stereocenters. The minimum atomic E-state index is 0.639. The lowest BCUT2D eigenvalue weighted by Gasteiger charge is -2.14. The highest BCUT2D eigenvalue weighted by molar-refractivity contribution is 5.91. The second-order valence-electron chi connectivity index (χ2n) is 8.42. The first-order chi connectivity index (χ1) is 16.2. The van der Waals surface area contributed by atoms with Crippen LogP contribution in [0.15, 0.2) is 61.6 Å². The van der Waals surface area contributed by atoms with Crippen molar-refractivity contribution in [3.8, 4) is 22.4 Å². The summed E-state index contributed by atoms with van der Waals surface area (Å²) in [6.07, 6.45) is 9.00. The fourth-order valence-electron chi connectivity index (χ4n) is 4.58. The van der Waals surface area contributed by atoms with E-state index in [1.54, 1.807) is 6.20 Å². The third kappa shape index (κ3) is 3.38. The molecule has 0 saturated heterocycles. The van der Waals surface area contributed by atoms with Gasteiger partial charge in [-0.1, -0.05) is 24.8 Å². The molecule has 7 nitrogen and oxygen atoms in total. The quantitative estimate of drug-likeness (QED) is 0.350. The van der Waals surface area contributed by atoms with Crippen LogP contribution in [0.2, 0.25) is 0 Å². The van der Waals surface area contributed by atoms with Gasteiger partial charge in [0, 0.05) is 18.0 Å². The highest BCUT2D eigenvalue weighted by atomic mass is 15.2. The molecule has 162 valence electrons. The fourth-order valence-corrected chi connectivity index (χ4v) is 4.58. The molecular weight excluding hydrogens is 410 g/mol. The number of nitrogens with one attached hydrogen (secondary N) is 3. The number of pyridine rings is 2. The molecule has 0 atom stereocenters. The first kappa shape index (κ1) is 19.4. The maximum absolute atomic E-state index is 4.79. The average molecular weight is 434 g/mol. The van der Waals surface area contributed by atoms with Crippen molar-refractivity contribution in [3.63, 3.8) is 0 Å². The smallest absolute Gasteiger partial charge is 0.134 e.